The van der Waals surface area contributed by atoms with Crippen LogP contribution in [-0.2, 0) is 0 Å². The van der Waals surface area contributed by atoms with Crippen LogP contribution in [0.15, 0.2) is 22.2 Å². The number of rotatable bonds is 2. The molecule has 0 spiro atoms. The van der Waals surface area contributed by atoms with Gasteiger partial charge in [-0.15, -0.1) is 0 Å². The Morgan fingerprint density at radius 2 is 2.20 bits per heavy atom. The molecule has 4 heteroatoms. The van der Waals surface area contributed by atoms with E-state index in [0.717, 1.165) is 5.69 Å². The Hall–Kier alpha value is -1.32. The number of hydrogen-bond donors (Lipinski definition) is 0. The Bertz CT molecular complexity index is 356. The van der Waals surface area contributed by atoms with Crippen LogP contribution in [0.4, 0.5) is 0 Å². The standard InChI is InChI=1S/C11H17N3O/c1-7(2)10-8(3)13-14(4)11(10)9-5-15-6-12-9/h5-7,10-11H,1-4H3. The van der Waals surface area contributed by atoms with Gasteiger partial charge in [0.15, 0.2) is 6.39 Å². The molecule has 0 N–H and O–H groups in total. The quantitative estimate of drug-likeness (QED) is 0.747. The average Bonchev–Trinajstić information content (AvgIpc) is 2.71. The summed E-state index contributed by atoms with van der Waals surface area (Å²) in [6, 6.07) is 0.226. The molecule has 82 valence electrons. The van der Waals surface area contributed by atoms with Gasteiger partial charge in [-0.3, -0.25) is 5.01 Å². The number of nitrogens with zero attached hydrogens (tertiary/aromatic N) is 3. The first-order valence-corrected chi connectivity index (χ1v) is 5.27. The van der Waals surface area contributed by atoms with Crippen molar-refractivity contribution in [2.24, 2.45) is 16.9 Å². The van der Waals surface area contributed by atoms with E-state index < -0.39 is 0 Å². The lowest BCUT2D eigenvalue weighted by Crippen LogP contribution is -2.26. The molecular formula is C11H17N3O. The van der Waals surface area contributed by atoms with Gasteiger partial charge in [-0.25, -0.2) is 4.98 Å². The molecule has 15 heavy (non-hydrogen) atoms. The largest absolute Gasteiger partial charge is 0.451 e. The highest BCUT2D eigenvalue weighted by Gasteiger charge is 2.37. The fraction of sp³-hybridized carbons (Fsp3) is 0.636. The Morgan fingerprint density at radius 3 is 2.73 bits per heavy atom. The van der Waals surface area contributed by atoms with Gasteiger partial charge in [0.25, 0.3) is 0 Å². The minimum atomic E-state index is 0.226. The predicted molar refractivity (Wildman–Crippen MR) is 58.4 cm³/mol. The van der Waals surface area contributed by atoms with Crippen molar-refractivity contribution in [1.29, 1.82) is 0 Å². The lowest BCUT2D eigenvalue weighted by molar-refractivity contribution is 0.218. The molecule has 2 heterocycles. The molecule has 1 aromatic rings. The van der Waals surface area contributed by atoms with Crippen molar-refractivity contribution in [2.75, 3.05) is 7.05 Å². The second kappa shape index (κ2) is 3.68. The van der Waals surface area contributed by atoms with Crippen LogP contribution >= 0.6 is 0 Å². The van der Waals surface area contributed by atoms with Crippen molar-refractivity contribution in [1.82, 2.24) is 9.99 Å². The van der Waals surface area contributed by atoms with E-state index in [2.05, 4.69) is 30.9 Å². The molecule has 0 saturated carbocycles. The molecule has 2 atom stereocenters. The van der Waals surface area contributed by atoms with Gasteiger partial charge < -0.3 is 4.42 Å². The topological polar surface area (TPSA) is 41.6 Å². The van der Waals surface area contributed by atoms with Gasteiger partial charge in [0.2, 0.25) is 0 Å². The number of hydrazone groups is 1. The molecule has 4 nitrogen and oxygen atoms in total. The molecule has 2 unspecified atom stereocenters. The van der Waals surface area contributed by atoms with Gasteiger partial charge >= 0.3 is 0 Å². The van der Waals surface area contributed by atoms with Crippen LogP contribution in [0.5, 0.6) is 0 Å². The Balaban J connectivity index is 2.31. The smallest absolute Gasteiger partial charge is 0.180 e. The van der Waals surface area contributed by atoms with Crippen molar-refractivity contribution < 1.29 is 4.42 Å². The van der Waals surface area contributed by atoms with Crippen LogP contribution in [0.1, 0.15) is 32.5 Å². The van der Waals surface area contributed by atoms with Crippen molar-refractivity contribution in [3.8, 4) is 0 Å². The van der Waals surface area contributed by atoms with E-state index in [9.17, 15) is 0 Å². The van der Waals surface area contributed by atoms with E-state index in [0.29, 0.717) is 11.8 Å². The normalized spacial score (nSPS) is 26.2. The molecule has 0 aliphatic carbocycles. The highest BCUT2D eigenvalue weighted by atomic mass is 16.3. The van der Waals surface area contributed by atoms with Gasteiger partial charge in [0.1, 0.15) is 18.0 Å². The highest BCUT2D eigenvalue weighted by Crippen LogP contribution is 2.37. The number of hydrogen-bond acceptors (Lipinski definition) is 4. The van der Waals surface area contributed by atoms with E-state index in [4.69, 9.17) is 4.42 Å². The summed E-state index contributed by atoms with van der Waals surface area (Å²) in [6.07, 6.45) is 3.19. The molecule has 0 radical (unpaired) electrons. The van der Waals surface area contributed by atoms with Gasteiger partial charge in [-0.2, -0.15) is 5.10 Å². The zero-order chi connectivity index (χ0) is 11.0. The summed E-state index contributed by atoms with van der Waals surface area (Å²) in [6.45, 7) is 6.52. The zero-order valence-electron chi connectivity index (χ0n) is 9.64. The van der Waals surface area contributed by atoms with E-state index >= 15 is 0 Å². The predicted octanol–water partition coefficient (Wildman–Crippen LogP) is 2.31. The fourth-order valence-corrected chi connectivity index (χ4v) is 2.43. The first-order chi connectivity index (χ1) is 7.11. The molecule has 1 aliphatic heterocycles. The fourth-order valence-electron chi connectivity index (χ4n) is 2.43. The minimum absolute atomic E-state index is 0.226. The molecule has 0 amide bonds. The first kappa shape index (κ1) is 10.2. The Kier molecular flexibility index (Phi) is 2.50. The lowest BCUT2D eigenvalue weighted by Gasteiger charge is -2.25. The first-order valence-electron chi connectivity index (χ1n) is 5.27. The van der Waals surface area contributed by atoms with Crippen molar-refractivity contribution in [3.63, 3.8) is 0 Å². The summed E-state index contributed by atoms with van der Waals surface area (Å²) >= 11 is 0. The molecule has 0 aromatic carbocycles. The molecule has 0 fully saturated rings. The molecule has 2 rings (SSSR count). The van der Waals surface area contributed by atoms with E-state index in [1.807, 2.05) is 12.1 Å². The molecule has 0 bridgehead atoms. The second-order valence-electron chi connectivity index (χ2n) is 4.44. The van der Waals surface area contributed by atoms with Crippen molar-refractivity contribution in [2.45, 2.75) is 26.8 Å². The second-order valence-corrected chi connectivity index (χ2v) is 4.44. The zero-order valence-corrected chi connectivity index (χ0v) is 9.64. The lowest BCUT2D eigenvalue weighted by atomic mass is 9.84. The maximum atomic E-state index is 5.05. The Labute approximate surface area is 90.0 Å². The minimum Gasteiger partial charge on any atom is -0.451 e. The van der Waals surface area contributed by atoms with Crippen LogP contribution in [0, 0.1) is 11.8 Å². The highest BCUT2D eigenvalue weighted by molar-refractivity contribution is 5.86. The van der Waals surface area contributed by atoms with Gasteiger partial charge in [0, 0.05) is 18.7 Å². The van der Waals surface area contributed by atoms with Crippen molar-refractivity contribution >= 4 is 5.71 Å². The van der Waals surface area contributed by atoms with Crippen molar-refractivity contribution in [3.05, 3.63) is 18.4 Å². The summed E-state index contributed by atoms with van der Waals surface area (Å²) in [7, 11) is 1.99. The van der Waals surface area contributed by atoms with Gasteiger partial charge in [-0.05, 0) is 12.8 Å². The molecule has 1 aliphatic rings. The molecule has 0 saturated heterocycles. The number of oxazole rings is 1. The summed E-state index contributed by atoms with van der Waals surface area (Å²) in [5, 5.41) is 6.48. The Morgan fingerprint density at radius 1 is 1.47 bits per heavy atom. The number of aromatic nitrogens is 1. The van der Waals surface area contributed by atoms with E-state index in [1.54, 1.807) is 6.26 Å². The van der Waals surface area contributed by atoms with E-state index in [-0.39, 0.29) is 6.04 Å². The third-order valence-electron chi connectivity index (χ3n) is 3.01. The van der Waals surface area contributed by atoms with Crippen LogP contribution in [-0.4, -0.2) is 22.8 Å². The van der Waals surface area contributed by atoms with Gasteiger partial charge in [0.05, 0.1) is 0 Å². The maximum absolute atomic E-state index is 5.05. The van der Waals surface area contributed by atoms with Crippen LogP contribution in [0.3, 0.4) is 0 Å². The maximum Gasteiger partial charge on any atom is 0.180 e. The molecular weight excluding hydrogens is 190 g/mol. The average molecular weight is 207 g/mol. The summed E-state index contributed by atoms with van der Waals surface area (Å²) in [5.41, 5.74) is 2.15. The third-order valence-corrected chi connectivity index (χ3v) is 3.01. The van der Waals surface area contributed by atoms with Gasteiger partial charge in [-0.1, -0.05) is 13.8 Å². The van der Waals surface area contributed by atoms with Crippen LogP contribution in [0.25, 0.3) is 0 Å². The van der Waals surface area contributed by atoms with Crippen LogP contribution < -0.4 is 0 Å². The van der Waals surface area contributed by atoms with E-state index in [1.165, 1.54) is 12.1 Å². The molecule has 1 aromatic heterocycles. The third kappa shape index (κ3) is 1.64. The summed E-state index contributed by atoms with van der Waals surface area (Å²) in [4.78, 5) is 4.23. The van der Waals surface area contributed by atoms with Crippen LogP contribution in [0.2, 0.25) is 0 Å². The summed E-state index contributed by atoms with van der Waals surface area (Å²) < 4.78 is 5.05. The SMILES string of the molecule is CC1=NN(C)C(c2cocn2)C1C(C)C. The monoisotopic (exact) mass is 207 g/mol. The summed E-state index contributed by atoms with van der Waals surface area (Å²) in [5.74, 6) is 0.987.